The molecule has 2 atom stereocenters. The molecule has 22 heteroatoms. The number of hydrogen-bond acceptors (Lipinski definition) is 13. The van der Waals surface area contributed by atoms with Crippen LogP contribution >= 0.6 is 27.0 Å². The van der Waals surface area contributed by atoms with Crippen LogP contribution in [0.4, 0.5) is 22.0 Å². The maximum absolute atomic E-state index is 13.6. The molecule has 76 heavy (non-hydrogen) atoms. The van der Waals surface area contributed by atoms with Crippen molar-refractivity contribution in [3.05, 3.63) is 180 Å². The minimum absolute atomic E-state index is 0. The second-order valence-corrected chi connectivity index (χ2v) is 19.4. The van der Waals surface area contributed by atoms with Crippen LogP contribution in [-0.4, -0.2) is 103 Å². The van der Waals surface area contributed by atoms with Gasteiger partial charge in [-0.3, -0.25) is 39.2 Å². The molecule has 8 rings (SSSR count). The molecule has 0 unspecified atom stereocenters. The molecular formula is C54H77N13O7S2. The third-order valence-electron chi connectivity index (χ3n) is 12.6. The number of non-ortho nitro benzene ring substituents is 2. The molecule has 0 spiro atoms. The number of benzene rings is 4. The molecule has 0 radical (unpaired) electrons. The number of nitrogens with one attached hydrogen (secondary N) is 3. The summed E-state index contributed by atoms with van der Waals surface area (Å²) >= 11 is 0. The maximum atomic E-state index is 13.6. The summed E-state index contributed by atoms with van der Waals surface area (Å²) in [7, 11) is 11.6. The van der Waals surface area contributed by atoms with Crippen LogP contribution in [0.15, 0.2) is 109 Å². The normalized spacial score (nSPS) is 14.0. The Morgan fingerprint density at radius 1 is 0.711 bits per heavy atom. The van der Waals surface area contributed by atoms with E-state index in [1.54, 1.807) is 16.6 Å². The number of aryl methyl sites for hydroxylation is 2. The van der Waals surface area contributed by atoms with Crippen LogP contribution in [0.1, 0.15) is 115 Å². The number of nitro groups is 2. The first-order valence-electron chi connectivity index (χ1n) is 23.4. The van der Waals surface area contributed by atoms with Gasteiger partial charge in [0, 0.05) is 86.3 Å². The van der Waals surface area contributed by atoms with Crippen LogP contribution in [0.5, 0.6) is 0 Å². The van der Waals surface area contributed by atoms with Crippen LogP contribution in [0, 0.1) is 20.2 Å². The Labute approximate surface area is 460 Å². The summed E-state index contributed by atoms with van der Waals surface area (Å²) in [5.41, 5.74) is 12.5. The third kappa shape index (κ3) is 15.6. The Morgan fingerprint density at radius 2 is 1.20 bits per heavy atom. The number of carbonyl (C=O) groups excluding carboxylic acids is 3. The average Bonchev–Trinajstić information content (AvgIpc) is 4.04. The van der Waals surface area contributed by atoms with Crippen molar-refractivity contribution in [2.24, 2.45) is 19.8 Å². The molecule has 2 aliphatic rings. The standard InChI is InChI=1S/C26H31N7O4.C16H18N4O3.C10H16N2.2CH4.2H2S/c1-26(2)22-20(15-32(26)25(35)27-21(16-30(3)4)17-9-7-6-8-10-17)23(29-31(22)5)28-24(34)18-11-13-19(14-12-18)33(36)37;1-16(2)15-12(9-17-16)13(18-19(15)3)8-14(21)10-4-6-11(7-5-10)20(22)23;1-12(2)8-10(11)9-6-4-3-5-7-9;;;;/h6-14,21H,15-16H2,1-5H3,(H,27,35)(H,28,29,34);4-7,17H,8-9H2,1-3H3;3-7,10H,8,11H2,1-2H3;2*1H4;2*1H2/t21-;;10-;;;;/m1.1..../s1. The molecule has 4 heterocycles. The lowest BCUT2D eigenvalue weighted by Gasteiger charge is -2.34. The highest BCUT2D eigenvalue weighted by atomic mass is 32.1. The number of amides is 3. The molecule has 2 aromatic heterocycles. The quantitative estimate of drug-likeness (QED) is 0.0455. The second-order valence-electron chi connectivity index (χ2n) is 19.4. The highest BCUT2D eigenvalue weighted by molar-refractivity contribution is 7.59. The SMILES string of the molecule is C.C.CN(C)C[C@@H](N)c1ccccc1.CN(C)C[C@@H](NC(=O)N1Cc2c(NC(=O)c3ccc([N+](=O)[O-])cc3)nn(C)c2C1(C)C)c1ccccc1.Cn1nc(CC(=O)c2ccc([N+](=O)[O-])cc2)c2c1C(C)(C)NC2.S.S. The molecule has 2 aliphatic heterocycles. The van der Waals surface area contributed by atoms with E-state index < -0.39 is 21.3 Å². The fourth-order valence-corrected chi connectivity index (χ4v) is 9.17. The molecular weight excluding hydrogens is 1010 g/mol. The number of Topliss-reactive ketones (excluding diaryl/α,β-unsaturated/α-hetero) is 1. The van der Waals surface area contributed by atoms with Gasteiger partial charge >= 0.3 is 6.03 Å². The molecule has 6 aromatic rings. The van der Waals surface area contributed by atoms with Crippen LogP contribution in [-0.2, 0) is 44.7 Å². The van der Waals surface area contributed by atoms with E-state index in [1.165, 1.54) is 54.1 Å². The van der Waals surface area contributed by atoms with Gasteiger partial charge in [-0.15, -0.1) is 0 Å². The van der Waals surface area contributed by atoms with Gasteiger partial charge in [-0.1, -0.05) is 75.5 Å². The van der Waals surface area contributed by atoms with Crippen molar-refractivity contribution in [1.82, 2.24) is 44.9 Å². The maximum Gasteiger partial charge on any atom is 0.319 e. The Balaban J connectivity index is 0.000000432. The number of carbonyl (C=O) groups is 3. The van der Waals surface area contributed by atoms with E-state index in [9.17, 15) is 34.6 Å². The Hall–Kier alpha value is -6.95. The summed E-state index contributed by atoms with van der Waals surface area (Å²) in [5.74, 6) is -0.172. The number of nitro benzene ring substituents is 2. The van der Waals surface area contributed by atoms with Crippen molar-refractivity contribution in [3.63, 3.8) is 0 Å². The number of nitrogens with zero attached hydrogens (tertiary/aromatic N) is 9. The van der Waals surface area contributed by atoms with Gasteiger partial charge in [-0.05, 0) is 91.3 Å². The predicted molar refractivity (Wildman–Crippen MR) is 309 cm³/mol. The van der Waals surface area contributed by atoms with Crippen LogP contribution in [0.25, 0.3) is 0 Å². The topological polar surface area (TPSA) is 245 Å². The summed E-state index contributed by atoms with van der Waals surface area (Å²) in [5, 5.41) is 39.9. The number of hydrogen-bond donors (Lipinski definition) is 4. The van der Waals surface area contributed by atoms with Crippen LogP contribution in [0.2, 0.25) is 0 Å². The molecule has 0 bridgehead atoms. The second kappa shape index (κ2) is 27.7. The van der Waals surface area contributed by atoms with Crippen LogP contribution < -0.4 is 21.7 Å². The van der Waals surface area contributed by atoms with Crippen molar-refractivity contribution < 1.29 is 24.2 Å². The van der Waals surface area contributed by atoms with E-state index in [0.717, 1.165) is 40.3 Å². The van der Waals surface area contributed by atoms with E-state index in [2.05, 4.69) is 57.0 Å². The van der Waals surface area contributed by atoms with Crippen LogP contribution in [0.3, 0.4) is 0 Å². The number of ketones is 1. The van der Waals surface area contributed by atoms with Gasteiger partial charge in [0.2, 0.25) is 0 Å². The Morgan fingerprint density at radius 3 is 1.70 bits per heavy atom. The molecule has 4 aromatic carbocycles. The fourth-order valence-electron chi connectivity index (χ4n) is 9.17. The van der Waals surface area contributed by atoms with E-state index in [1.807, 2.05) is 107 Å². The molecule has 3 amide bonds. The van der Waals surface area contributed by atoms with Gasteiger partial charge in [0.25, 0.3) is 17.3 Å². The minimum Gasteiger partial charge on any atom is -0.330 e. The molecule has 412 valence electrons. The zero-order valence-electron chi connectivity index (χ0n) is 43.5. The largest absolute Gasteiger partial charge is 0.330 e. The fraction of sp³-hybridized carbons (Fsp3) is 0.389. The number of anilines is 1. The molecule has 0 fully saturated rings. The lowest BCUT2D eigenvalue weighted by atomic mass is 9.99. The Kier molecular flexibility index (Phi) is 23.8. The van der Waals surface area contributed by atoms with Crippen molar-refractivity contribution in [2.75, 3.05) is 46.6 Å². The zero-order valence-corrected chi connectivity index (χ0v) is 45.5. The first-order chi connectivity index (χ1) is 34.0. The molecule has 0 saturated carbocycles. The first-order valence-corrected chi connectivity index (χ1v) is 23.4. The van der Waals surface area contributed by atoms with Gasteiger partial charge in [-0.25, -0.2) is 4.79 Å². The van der Waals surface area contributed by atoms with E-state index in [-0.39, 0.29) is 101 Å². The number of likely N-dealkylation sites (N-methyl/N-ethyl adjacent to an activating group) is 2. The Bertz CT molecular complexity index is 2890. The molecule has 0 aliphatic carbocycles. The third-order valence-corrected chi connectivity index (χ3v) is 12.6. The lowest BCUT2D eigenvalue weighted by molar-refractivity contribution is -0.385. The predicted octanol–water partition coefficient (Wildman–Crippen LogP) is 8.48. The summed E-state index contributed by atoms with van der Waals surface area (Å²) < 4.78 is 3.51. The van der Waals surface area contributed by atoms with Gasteiger partial charge in [0.15, 0.2) is 11.6 Å². The monoisotopic (exact) mass is 1080 g/mol. The average molecular weight is 1080 g/mol. The lowest BCUT2D eigenvalue weighted by Crippen LogP contribution is -2.49. The van der Waals surface area contributed by atoms with E-state index in [0.29, 0.717) is 24.5 Å². The minimum atomic E-state index is -0.684. The molecule has 5 N–H and O–H groups in total. The van der Waals surface area contributed by atoms with Crippen molar-refractivity contribution in [1.29, 1.82) is 0 Å². The number of urea groups is 1. The van der Waals surface area contributed by atoms with Gasteiger partial charge < -0.3 is 36.4 Å². The summed E-state index contributed by atoms with van der Waals surface area (Å²) in [6.45, 7) is 10.6. The van der Waals surface area contributed by atoms with E-state index >= 15 is 0 Å². The molecule has 20 nitrogen and oxygen atoms in total. The number of rotatable bonds is 14. The number of fused-ring (bicyclic) bond motifs is 2. The first kappa shape index (κ1) is 65.2. The zero-order chi connectivity index (χ0) is 52.7. The van der Waals surface area contributed by atoms with Gasteiger partial charge in [-0.2, -0.15) is 37.2 Å². The number of nitrogens with two attached hydrogens (primary N) is 1. The van der Waals surface area contributed by atoms with Gasteiger partial charge in [0.05, 0.1) is 57.0 Å². The summed E-state index contributed by atoms with van der Waals surface area (Å²) in [6, 6.07) is 30.7. The highest BCUT2D eigenvalue weighted by Crippen LogP contribution is 2.42. The van der Waals surface area contributed by atoms with Crippen molar-refractivity contribution in [2.45, 2.75) is 85.2 Å². The summed E-state index contributed by atoms with van der Waals surface area (Å²) in [4.78, 5) is 65.3. The summed E-state index contributed by atoms with van der Waals surface area (Å²) in [6.07, 6.45) is 0.193. The smallest absolute Gasteiger partial charge is 0.319 e. The number of aromatic nitrogens is 4. The van der Waals surface area contributed by atoms with Gasteiger partial charge in [0.1, 0.15) is 0 Å². The van der Waals surface area contributed by atoms with Crippen molar-refractivity contribution >= 4 is 61.9 Å². The van der Waals surface area contributed by atoms with Crippen molar-refractivity contribution in [3.8, 4) is 0 Å². The van der Waals surface area contributed by atoms with E-state index in [4.69, 9.17) is 5.73 Å². The molecule has 0 saturated heterocycles. The highest BCUT2D eigenvalue weighted by Gasteiger charge is 2.45.